The molecule has 45 heavy (non-hydrogen) atoms. The third kappa shape index (κ3) is 28.5. The van der Waals surface area contributed by atoms with Gasteiger partial charge in [0.1, 0.15) is 0 Å². The number of rotatable bonds is 36. The van der Waals surface area contributed by atoms with Gasteiger partial charge in [-0.3, -0.25) is 0 Å². The van der Waals surface area contributed by atoms with Gasteiger partial charge in [0, 0.05) is 0 Å². The fourth-order valence-electron chi connectivity index (χ4n) is 3.26. The standard InChI is InChI=1S/C32H68O12Si/c1-9-29(5)37-21-13-33-17-25-41-45(42-26-18-34-14-22-38-30(6)10-2,43-27-19-35-15-23-39-31(7)11-3)44-28-20-36-16-24-40-32(8)12-4/h29-32H,9-28H2,1-8H3. The van der Waals surface area contributed by atoms with Crippen LogP contribution in [0.3, 0.4) is 0 Å². The van der Waals surface area contributed by atoms with Crippen molar-refractivity contribution in [2.24, 2.45) is 0 Å². The highest BCUT2D eigenvalue weighted by Gasteiger charge is 2.46. The molecule has 0 amide bonds. The van der Waals surface area contributed by atoms with Gasteiger partial charge < -0.3 is 55.6 Å². The minimum absolute atomic E-state index is 0.205. The van der Waals surface area contributed by atoms with Crippen LogP contribution in [-0.4, -0.2) is 139 Å². The van der Waals surface area contributed by atoms with E-state index in [0.29, 0.717) is 79.3 Å². The maximum atomic E-state index is 6.17. The first-order valence-corrected chi connectivity index (χ1v) is 18.8. The quantitative estimate of drug-likeness (QED) is 0.0673. The van der Waals surface area contributed by atoms with Gasteiger partial charge in [-0.15, -0.1) is 0 Å². The third-order valence-electron chi connectivity index (χ3n) is 6.85. The minimum atomic E-state index is -3.61. The van der Waals surface area contributed by atoms with Crippen molar-refractivity contribution >= 4 is 9.05 Å². The first-order chi connectivity index (χ1) is 21.8. The van der Waals surface area contributed by atoms with Crippen molar-refractivity contribution in [2.45, 2.75) is 105 Å². The SMILES string of the molecule is CCC(C)OCCOCCO[Si](OCCOCCOC(C)CC)(OCCOCCOC(C)CC)OCCOCCOC(C)CC. The highest BCUT2D eigenvalue weighted by atomic mass is 28.4. The lowest BCUT2D eigenvalue weighted by atomic mass is 10.3. The second kappa shape index (κ2) is 32.3. The van der Waals surface area contributed by atoms with Crippen LogP contribution in [0.5, 0.6) is 0 Å². The normalized spacial score (nSPS) is 16.0. The van der Waals surface area contributed by atoms with Crippen molar-refractivity contribution in [1.29, 1.82) is 0 Å². The van der Waals surface area contributed by atoms with Gasteiger partial charge in [0.15, 0.2) is 0 Å². The van der Waals surface area contributed by atoms with Crippen LogP contribution in [-0.2, 0) is 55.6 Å². The average molecular weight is 673 g/mol. The zero-order valence-corrected chi connectivity index (χ0v) is 30.9. The van der Waals surface area contributed by atoms with Crippen LogP contribution in [0.25, 0.3) is 0 Å². The van der Waals surface area contributed by atoms with E-state index in [1.807, 2.05) is 27.7 Å². The Kier molecular flexibility index (Phi) is 32.1. The number of hydrogen-bond acceptors (Lipinski definition) is 12. The lowest BCUT2D eigenvalue weighted by Gasteiger charge is -2.28. The Labute approximate surface area is 275 Å². The van der Waals surface area contributed by atoms with Crippen molar-refractivity contribution in [3.05, 3.63) is 0 Å². The Morgan fingerprint density at radius 3 is 0.711 bits per heavy atom. The molecule has 12 nitrogen and oxygen atoms in total. The molecule has 0 aliphatic rings. The summed E-state index contributed by atoms with van der Waals surface area (Å²) in [4.78, 5) is 0. The van der Waals surface area contributed by atoms with Gasteiger partial charge in [-0.1, -0.05) is 27.7 Å². The molecular formula is C32H68O12Si. The number of ether oxygens (including phenoxy) is 8. The predicted octanol–water partition coefficient (Wildman–Crippen LogP) is 4.82. The molecule has 0 saturated carbocycles. The van der Waals surface area contributed by atoms with E-state index in [-0.39, 0.29) is 50.8 Å². The van der Waals surface area contributed by atoms with Gasteiger partial charge in [-0.2, -0.15) is 0 Å². The Morgan fingerprint density at radius 2 is 0.511 bits per heavy atom. The van der Waals surface area contributed by atoms with E-state index in [0.717, 1.165) is 25.7 Å². The summed E-state index contributed by atoms with van der Waals surface area (Å²) in [7, 11) is -3.61. The summed E-state index contributed by atoms with van der Waals surface area (Å²) in [5.74, 6) is 0. The average Bonchev–Trinajstić information content (AvgIpc) is 3.05. The topological polar surface area (TPSA) is 111 Å². The van der Waals surface area contributed by atoms with E-state index >= 15 is 0 Å². The Hall–Kier alpha value is -0.263. The Balaban J connectivity index is 4.99. The molecule has 0 aromatic carbocycles. The van der Waals surface area contributed by atoms with Gasteiger partial charge in [0.2, 0.25) is 0 Å². The molecule has 0 fully saturated rings. The molecule has 0 aromatic heterocycles. The smallest absolute Gasteiger partial charge is 0.377 e. The fraction of sp³-hybridized carbons (Fsp3) is 1.00. The molecule has 4 atom stereocenters. The molecule has 0 bridgehead atoms. The highest BCUT2D eigenvalue weighted by molar-refractivity contribution is 6.53. The summed E-state index contributed by atoms with van der Waals surface area (Å²) < 4.78 is 70.2. The van der Waals surface area contributed by atoms with Crippen molar-refractivity contribution in [3.63, 3.8) is 0 Å². The summed E-state index contributed by atoms with van der Waals surface area (Å²) in [6.45, 7) is 22.8. The van der Waals surface area contributed by atoms with Crippen LogP contribution >= 0.6 is 0 Å². The molecular weight excluding hydrogens is 604 g/mol. The molecule has 0 radical (unpaired) electrons. The van der Waals surface area contributed by atoms with E-state index < -0.39 is 9.05 Å². The third-order valence-corrected chi connectivity index (χ3v) is 9.08. The summed E-state index contributed by atoms with van der Waals surface area (Å²) >= 11 is 0. The molecule has 0 heterocycles. The van der Waals surface area contributed by atoms with Crippen LogP contribution < -0.4 is 0 Å². The first kappa shape index (κ1) is 44.7. The maximum absolute atomic E-state index is 6.17. The van der Waals surface area contributed by atoms with E-state index in [2.05, 4.69) is 27.7 Å². The molecule has 13 heteroatoms. The fourth-order valence-corrected chi connectivity index (χ4v) is 5.10. The summed E-state index contributed by atoms with van der Waals surface area (Å²) in [5.41, 5.74) is 0. The molecule has 0 aliphatic carbocycles. The minimum Gasteiger partial charge on any atom is -0.377 e. The van der Waals surface area contributed by atoms with Crippen LogP contribution in [0.2, 0.25) is 0 Å². The molecule has 0 aromatic rings. The lowest BCUT2D eigenvalue weighted by molar-refractivity contribution is -0.0769. The van der Waals surface area contributed by atoms with Gasteiger partial charge in [-0.05, 0) is 53.4 Å². The summed E-state index contributed by atoms with van der Waals surface area (Å²) in [5, 5.41) is 0. The molecule has 0 aliphatic heterocycles. The van der Waals surface area contributed by atoms with E-state index in [1.165, 1.54) is 0 Å². The summed E-state index contributed by atoms with van der Waals surface area (Å²) in [6, 6.07) is 0. The molecule has 272 valence electrons. The monoisotopic (exact) mass is 672 g/mol. The lowest BCUT2D eigenvalue weighted by Crippen LogP contribution is -2.51. The predicted molar refractivity (Wildman–Crippen MR) is 176 cm³/mol. The second-order valence-corrected chi connectivity index (χ2v) is 12.9. The van der Waals surface area contributed by atoms with Crippen LogP contribution in [0.4, 0.5) is 0 Å². The number of hydrogen-bond donors (Lipinski definition) is 0. The van der Waals surface area contributed by atoms with Crippen molar-refractivity contribution in [3.8, 4) is 0 Å². The Bertz CT molecular complexity index is 505. The largest absolute Gasteiger partial charge is 0.680 e. The van der Waals surface area contributed by atoms with Gasteiger partial charge in [0.25, 0.3) is 0 Å². The van der Waals surface area contributed by atoms with Gasteiger partial charge >= 0.3 is 9.05 Å². The Morgan fingerprint density at radius 1 is 0.311 bits per heavy atom. The molecule has 0 rings (SSSR count). The zero-order valence-electron chi connectivity index (χ0n) is 29.9. The van der Waals surface area contributed by atoms with E-state index in [9.17, 15) is 0 Å². The highest BCUT2D eigenvalue weighted by Crippen LogP contribution is 2.13. The second-order valence-electron chi connectivity index (χ2n) is 10.7. The van der Waals surface area contributed by atoms with Crippen LogP contribution in [0.15, 0.2) is 0 Å². The van der Waals surface area contributed by atoms with Gasteiger partial charge in [-0.25, -0.2) is 0 Å². The maximum Gasteiger partial charge on any atom is 0.680 e. The summed E-state index contributed by atoms with van der Waals surface area (Å²) in [6.07, 6.45) is 4.66. The zero-order chi connectivity index (χ0) is 33.4. The van der Waals surface area contributed by atoms with Gasteiger partial charge in [0.05, 0.1) is 130 Å². The van der Waals surface area contributed by atoms with Crippen molar-refractivity contribution in [1.82, 2.24) is 0 Å². The van der Waals surface area contributed by atoms with Crippen molar-refractivity contribution < 1.29 is 55.6 Å². The first-order valence-electron chi connectivity index (χ1n) is 17.1. The molecule has 0 saturated heterocycles. The van der Waals surface area contributed by atoms with E-state index in [4.69, 9.17) is 55.6 Å². The molecule has 0 spiro atoms. The van der Waals surface area contributed by atoms with Crippen molar-refractivity contribution in [2.75, 3.05) is 106 Å². The molecule has 0 N–H and O–H groups in total. The van der Waals surface area contributed by atoms with Crippen LogP contribution in [0.1, 0.15) is 81.1 Å². The van der Waals surface area contributed by atoms with Crippen LogP contribution in [0, 0.1) is 0 Å². The van der Waals surface area contributed by atoms with E-state index in [1.54, 1.807) is 0 Å². The molecule has 4 unspecified atom stereocenters.